The van der Waals surface area contributed by atoms with Gasteiger partial charge in [-0.1, -0.05) is 56.9 Å². The van der Waals surface area contributed by atoms with Crippen molar-refractivity contribution in [3.63, 3.8) is 0 Å². The Bertz CT molecular complexity index is 277. The molecule has 15 heavy (non-hydrogen) atoms. The SMILES string of the molecule is CCCCCCCC(=O)c1cc[c]cc1. The van der Waals surface area contributed by atoms with Crippen molar-refractivity contribution in [1.29, 1.82) is 0 Å². The number of ketones is 1. The van der Waals surface area contributed by atoms with Crippen LogP contribution < -0.4 is 0 Å². The largest absolute Gasteiger partial charge is 0.294 e. The summed E-state index contributed by atoms with van der Waals surface area (Å²) in [6.07, 6.45) is 6.69. The third kappa shape index (κ3) is 4.78. The highest BCUT2D eigenvalue weighted by molar-refractivity contribution is 5.95. The number of carbonyl (C=O) groups excluding carboxylic acids is 1. The van der Waals surface area contributed by atoms with Gasteiger partial charge in [-0.05, 0) is 12.5 Å². The van der Waals surface area contributed by atoms with Gasteiger partial charge in [0.05, 0.1) is 0 Å². The molecule has 0 N–H and O–H groups in total. The number of benzene rings is 1. The van der Waals surface area contributed by atoms with Gasteiger partial charge in [0.15, 0.2) is 5.78 Å². The van der Waals surface area contributed by atoms with Crippen molar-refractivity contribution in [2.45, 2.75) is 45.4 Å². The quantitative estimate of drug-likeness (QED) is 0.483. The minimum Gasteiger partial charge on any atom is -0.294 e. The van der Waals surface area contributed by atoms with E-state index in [1.807, 2.05) is 12.1 Å². The summed E-state index contributed by atoms with van der Waals surface area (Å²) in [5.74, 6) is 0.264. The molecule has 1 aromatic rings. The van der Waals surface area contributed by atoms with Crippen LogP contribution in [0.2, 0.25) is 0 Å². The number of Topliss-reactive ketones (excluding diaryl/α,β-unsaturated/α-hetero) is 1. The molecular weight excluding hydrogens is 184 g/mol. The molecule has 0 aliphatic rings. The number of hydrogen-bond donors (Lipinski definition) is 0. The third-order valence-corrected chi connectivity index (χ3v) is 2.55. The minimum atomic E-state index is 0.264. The zero-order valence-electron chi connectivity index (χ0n) is 9.46. The van der Waals surface area contributed by atoms with E-state index in [4.69, 9.17) is 0 Å². The molecule has 1 rings (SSSR count). The molecule has 0 amide bonds. The molecular formula is C14H19O. The highest BCUT2D eigenvalue weighted by Gasteiger charge is 2.03. The Morgan fingerprint density at radius 2 is 1.80 bits per heavy atom. The normalized spacial score (nSPS) is 10.2. The van der Waals surface area contributed by atoms with E-state index in [-0.39, 0.29) is 5.78 Å². The van der Waals surface area contributed by atoms with Crippen LogP contribution in [0.5, 0.6) is 0 Å². The highest BCUT2D eigenvalue weighted by atomic mass is 16.1. The van der Waals surface area contributed by atoms with Gasteiger partial charge >= 0.3 is 0 Å². The molecule has 0 bridgehead atoms. The molecule has 1 nitrogen and oxygen atoms in total. The maximum atomic E-state index is 11.7. The van der Waals surface area contributed by atoms with E-state index >= 15 is 0 Å². The maximum Gasteiger partial charge on any atom is 0.162 e. The summed E-state index contributed by atoms with van der Waals surface area (Å²) in [4.78, 5) is 11.7. The molecule has 0 atom stereocenters. The van der Waals surface area contributed by atoms with Crippen molar-refractivity contribution in [2.75, 3.05) is 0 Å². The average Bonchev–Trinajstić information content (AvgIpc) is 2.30. The van der Waals surface area contributed by atoms with Crippen molar-refractivity contribution >= 4 is 5.78 Å². The standard InChI is InChI=1S/C14H19O/c1-2-3-4-5-9-12-14(15)13-10-7-6-8-11-13/h7-8,10-11H,2-5,9,12H2,1H3. The van der Waals surface area contributed by atoms with Crippen LogP contribution in [-0.2, 0) is 0 Å². The second-order valence-corrected chi connectivity index (χ2v) is 3.88. The van der Waals surface area contributed by atoms with E-state index in [1.165, 1.54) is 25.7 Å². The Morgan fingerprint density at radius 3 is 2.47 bits per heavy atom. The Balaban J connectivity index is 2.20. The van der Waals surface area contributed by atoms with Gasteiger partial charge in [0.1, 0.15) is 0 Å². The lowest BCUT2D eigenvalue weighted by Crippen LogP contribution is -1.98. The van der Waals surface area contributed by atoms with Crippen molar-refractivity contribution < 1.29 is 4.79 Å². The smallest absolute Gasteiger partial charge is 0.162 e. The van der Waals surface area contributed by atoms with E-state index in [2.05, 4.69) is 13.0 Å². The summed E-state index contributed by atoms with van der Waals surface area (Å²) in [5, 5.41) is 0. The van der Waals surface area contributed by atoms with Crippen LogP contribution in [0.15, 0.2) is 24.3 Å². The first-order chi connectivity index (χ1) is 7.34. The molecule has 0 heterocycles. The van der Waals surface area contributed by atoms with Crippen molar-refractivity contribution in [3.8, 4) is 0 Å². The van der Waals surface area contributed by atoms with Crippen LogP contribution in [0.1, 0.15) is 55.8 Å². The Morgan fingerprint density at radius 1 is 1.13 bits per heavy atom. The minimum absolute atomic E-state index is 0.264. The number of carbonyl (C=O) groups is 1. The van der Waals surface area contributed by atoms with Gasteiger partial charge in [-0.15, -0.1) is 0 Å². The predicted molar refractivity (Wildman–Crippen MR) is 63.0 cm³/mol. The van der Waals surface area contributed by atoms with Crippen LogP contribution >= 0.6 is 0 Å². The lowest BCUT2D eigenvalue weighted by Gasteiger charge is -2.00. The van der Waals surface area contributed by atoms with Gasteiger partial charge in [-0.2, -0.15) is 0 Å². The van der Waals surface area contributed by atoms with E-state index in [0.717, 1.165) is 12.0 Å². The van der Waals surface area contributed by atoms with Crippen LogP contribution in [0.3, 0.4) is 0 Å². The van der Waals surface area contributed by atoms with Crippen LogP contribution in [0.25, 0.3) is 0 Å². The van der Waals surface area contributed by atoms with E-state index in [0.29, 0.717) is 6.42 Å². The Hall–Kier alpha value is -1.11. The van der Waals surface area contributed by atoms with Crippen LogP contribution in [-0.4, -0.2) is 5.78 Å². The zero-order chi connectivity index (χ0) is 10.9. The monoisotopic (exact) mass is 203 g/mol. The molecule has 0 fully saturated rings. The van der Waals surface area contributed by atoms with Gasteiger partial charge < -0.3 is 0 Å². The van der Waals surface area contributed by atoms with Gasteiger partial charge in [0.25, 0.3) is 0 Å². The Kier molecular flexibility index (Phi) is 5.76. The van der Waals surface area contributed by atoms with Crippen molar-refractivity contribution in [3.05, 3.63) is 35.9 Å². The zero-order valence-corrected chi connectivity index (χ0v) is 9.46. The molecule has 0 spiro atoms. The van der Waals surface area contributed by atoms with Crippen LogP contribution in [0.4, 0.5) is 0 Å². The summed E-state index contributed by atoms with van der Waals surface area (Å²) in [6, 6.07) is 10.2. The van der Waals surface area contributed by atoms with E-state index in [9.17, 15) is 4.79 Å². The van der Waals surface area contributed by atoms with Gasteiger partial charge in [-0.3, -0.25) is 4.79 Å². The van der Waals surface area contributed by atoms with Crippen molar-refractivity contribution in [1.82, 2.24) is 0 Å². The highest BCUT2D eigenvalue weighted by Crippen LogP contribution is 2.09. The fourth-order valence-corrected chi connectivity index (χ4v) is 1.61. The number of rotatable bonds is 7. The van der Waals surface area contributed by atoms with E-state index < -0.39 is 0 Å². The molecule has 81 valence electrons. The average molecular weight is 203 g/mol. The summed E-state index contributed by atoms with van der Waals surface area (Å²) < 4.78 is 0. The van der Waals surface area contributed by atoms with Crippen molar-refractivity contribution in [2.24, 2.45) is 0 Å². The summed E-state index contributed by atoms with van der Waals surface area (Å²) >= 11 is 0. The van der Waals surface area contributed by atoms with Crippen LogP contribution in [0, 0.1) is 6.07 Å². The lowest BCUT2D eigenvalue weighted by atomic mass is 10.0. The summed E-state index contributed by atoms with van der Waals surface area (Å²) in [5.41, 5.74) is 0.823. The first-order valence-electron chi connectivity index (χ1n) is 5.84. The summed E-state index contributed by atoms with van der Waals surface area (Å²) in [6.45, 7) is 2.20. The lowest BCUT2D eigenvalue weighted by molar-refractivity contribution is 0.0979. The molecule has 1 heteroatoms. The predicted octanol–water partition coefficient (Wildman–Crippen LogP) is 4.03. The first kappa shape index (κ1) is 12.0. The number of hydrogen-bond acceptors (Lipinski definition) is 1. The van der Waals surface area contributed by atoms with E-state index in [1.54, 1.807) is 12.1 Å². The van der Waals surface area contributed by atoms with Gasteiger partial charge in [0.2, 0.25) is 0 Å². The topological polar surface area (TPSA) is 17.1 Å². The summed E-state index contributed by atoms with van der Waals surface area (Å²) in [7, 11) is 0. The molecule has 0 saturated carbocycles. The molecule has 1 radical (unpaired) electrons. The second-order valence-electron chi connectivity index (χ2n) is 3.88. The third-order valence-electron chi connectivity index (χ3n) is 2.55. The second kappa shape index (κ2) is 7.22. The molecule has 0 aliphatic heterocycles. The molecule has 0 unspecified atom stereocenters. The molecule has 0 aliphatic carbocycles. The fraction of sp³-hybridized carbons (Fsp3) is 0.500. The molecule has 1 aromatic carbocycles. The number of unbranched alkanes of at least 4 members (excludes halogenated alkanes) is 4. The molecule has 0 saturated heterocycles. The first-order valence-corrected chi connectivity index (χ1v) is 5.84. The fourth-order valence-electron chi connectivity index (χ4n) is 1.61. The Labute approximate surface area is 92.5 Å². The molecule has 0 aromatic heterocycles. The van der Waals surface area contributed by atoms with Gasteiger partial charge in [-0.25, -0.2) is 0 Å². The van der Waals surface area contributed by atoms with Gasteiger partial charge in [0, 0.05) is 12.0 Å². The maximum absolute atomic E-state index is 11.7.